The molecule has 2 heteroatoms. The van der Waals surface area contributed by atoms with Gasteiger partial charge in [-0.25, -0.2) is 0 Å². The molecule has 16 heavy (non-hydrogen) atoms. The van der Waals surface area contributed by atoms with Gasteiger partial charge in [0.05, 0.1) is 6.10 Å². The standard InChI is InChI=1S/C14H27NO/c1-11-12(7-9-16-11)10-15-13-6-4-5-8-14(13,2)3/h11-13,15H,4-10H2,1-3H3. The first-order valence-electron chi connectivity index (χ1n) is 6.94. The van der Waals surface area contributed by atoms with Crippen molar-refractivity contribution >= 4 is 0 Å². The highest BCUT2D eigenvalue weighted by Gasteiger charge is 2.33. The summed E-state index contributed by atoms with van der Waals surface area (Å²) >= 11 is 0. The number of hydrogen-bond acceptors (Lipinski definition) is 2. The Labute approximate surface area is 100 Å². The predicted octanol–water partition coefficient (Wildman–Crippen LogP) is 2.97. The summed E-state index contributed by atoms with van der Waals surface area (Å²) in [7, 11) is 0. The average molecular weight is 225 g/mol. The molecule has 2 aliphatic rings. The van der Waals surface area contributed by atoms with Gasteiger partial charge in [-0.2, -0.15) is 0 Å². The summed E-state index contributed by atoms with van der Waals surface area (Å²) in [6.07, 6.45) is 7.24. The third kappa shape index (κ3) is 2.78. The molecule has 1 N–H and O–H groups in total. The molecule has 1 saturated heterocycles. The van der Waals surface area contributed by atoms with Gasteiger partial charge < -0.3 is 10.1 Å². The lowest BCUT2D eigenvalue weighted by Crippen LogP contribution is -2.46. The molecule has 2 rings (SSSR count). The summed E-state index contributed by atoms with van der Waals surface area (Å²) in [5.74, 6) is 0.734. The largest absolute Gasteiger partial charge is 0.378 e. The van der Waals surface area contributed by atoms with Crippen LogP contribution in [-0.4, -0.2) is 25.3 Å². The number of ether oxygens (including phenoxy) is 1. The Morgan fingerprint density at radius 3 is 2.69 bits per heavy atom. The highest BCUT2D eigenvalue weighted by atomic mass is 16.5. The molecule has 94 valence electrons. The maximum Gasteiger partial charge on any atom is 0.0588 e. The van der Waals surface area contributed by atoms with Crippen molar-refractivity contribution < 1.29 is 4.74 Å². The molecular formula is C14H27NO. The minimum absolute atomic E-state index is 0.458. The fraction of sp³-hybridized carbons (Fsp3) is 1.00. The van der Waals surface area contributed by atoms with Gasteiger partial charge in [-0.1, -0.05) is 26.7 Å². The molecule has 1 aliphatic heterocycles. The van der Waals surface area contributed by atoms with Gasteiger partial charge in [-0.05, 0) is 37.5 Å². The van der Waals surface area contributed by atoms with E-state index in [0.717, 1.165) is 19.1 Å². The van der Waals surface area contributed by atoms with Crippen LogP contribution < -0.4 is 5.32 Å². The Morgan fingerprint density at radius 2 is 2.06 bits per heavy atom. The minimum Gasteiger partial charge on any atom is -0.378 e. The fourth-order valence-corrected chi connectivity index (χ4v) is 3.21. The van der Waals surface area contributed by atoms with Crippen molar-refractivity contribution in [3.05, 3.63) is 0 Å². The first-order chi connectivity index (χ1) is 7.59. The first kappa shape index (κ1) is 12.4. The molecule has 0 spiro atoms. The van der Waals surface area contributed by atoms with Crippen LogP contribution in [0.3, 0.4) is 0 Å². The molecular weight excluding hydrogens is 198 g/mol. The zero-order valence-electron chi connectivity index (χ0n) is 11.1. The second-order valence-electron chi connectivity index (χ2n) is 6.32. The third-order valence-corrected chi connectivity index (χ3v) is 4.67. The predicted molar refractivity (Wildman–Crippen MR) is 67.6 cm³/mol. The normalized spacial score (nSPS) is 38.8. The van der Waals surface area contributed by atoms with Crippen LogP contribution >= 0.6 is 0 Å². The summed E-state index contributed by atoms with van der Waals surface area (Å²) in [5, 5.41) is 3.80. The summed E-state index contributed by atoms with van der Waals surface area (Å²) in [6, 6.07) is 0.717. The molecule has 0 aromatic rings. The second kappa shape index (κ2) is 5.05. The van der Waals surface area contributed by atoms with E-state index in [4.69, 9.17) is 4.74 Å². The highest BCUT2D eigenvalue weighted by molar-refractivity contribution is 4.89. The van der Waals surface area contributed by atoms with Crippen LogP contribution in [0, 0.1) is 11.3 Å². The van der Waals surface area contributed by atoms with Crippen LogP contribution in [0.5, 0.6) is 0 Å². The van der Waals surface area contributed by atoms with Gasteiger partial charge in [-0.15, -0.1) is 0 Å². The van der Waals surface area contributed by atoms with Crippen molar-refractivity contribution in [3.63, 3.8) is 0 Å². The maximum absolute atomic E-state index is 5.62. The molecule has 0 aromatic heterocycles. The number of rotatable bonds is 3. The van der Waals surface area contributed by atoms with E-state index in [1.807, 2.05) is 0 Å². The molecule has 1 aliphatic carbocycles. The molecule has 3 atom stereocenters. The van der Waals surface area contributed by atoms with Crippen LogP contribution in [0.15, 0.2) is 0 Å². The lowest BCUT2D eigenvalue weighted by molar-refractivity contribution is 0.0992. The van der Waals surface area contributed by atoms with Crippen LogP contribution in [0.4, 0.5) is 0 Å². The van der Waals surface area contributed by atoms with E-state index in [1.54, 1.807) is 0 Å². The quantitative estimate of drug-likeness (QED) is 0.797. The molecule has 0 radical (unpaired) electrons. The summed E-state index contributed by atoms with van der Waals surface area (Å²) < 4.78 is 5.62. The Hall–Kier alpha value is -0.0800. The van der Waals surface area contributed by atoms with Gasteiger partial charge in [0.1, 0.15) is 0 Å². The van der Waals surface area contributed by atoms with Crippen LogP contribution in [-0.2, 0) is 4.74 Å². The van der Waals surface area contributed by atoms with E-state index in [-0.39, 0.29) is 0 Å². The maximum atomic E-state index is 5.62. The SMILES string of the molecule is CC1OCCC1CNC1CCCCC1(C)C. The van der Waals surface area contributed by atoms with Gasteiger partial charge >= 0.3 is 0 Å². The van der Waals surface area contributed by atoms with E-state index in [9.17, 15) is 0 Å². The Balaban J connectivity index is 1.80. The topological polar surface area (TPSA) is 21.3 Å². The van der Waals surface area contributed by atoms with Crippen LogP contribution in [0.2, 0.25) is 0 Å². The van der Waals surface area contributed by atoms with Crippen molar-refractivity contribution in [3.8, 4) is 0 Å². The fourth-order valence-electron chi connectivity index (χ4n) is 3.21. The zero-order chi connectivity index (χ0) is 11.6. The van der Waals surface area contributed by atoms with Gasteiger partial charge in [-0.3, -0.25) is 0 Å². The highest BCUT2D eigenvalue weighted by Crippen LogP contribution is 2.35. The molecule has 2 fully saturated rings. The Kier molecular flexibility index (Phi) is 3.91. The monoisotopic (exact) mass is 225 g/mol. The molecule has 2 nitrogen and oxygen atoms in total. The van der Waals surface area contributed by atoms with Crippen molar-refractivity contribution in [2.24, 2.45) is 11.3 Å². The van der Waals surface area contributed by atoms with Crippen molar-refractivity contribution in [1.29, 1.82) is 0 Å². The lowest BCUT2D eigenvalue weighted by atomic mass is 9.73. The third-order valence-electron chi connectivity index (χ3n) is 4.67. The van der Waals surface area contributed by atoms with Gasteiger partial charge in [0.15, 0.2) is 0 Å². The summed E-state index contributed by atoms with van der Waals surface area (Å²) in [4.78, 5) is 0. The lowest BCUT2D eigenvalue weighted by Gasteiger charge is -2.40. The van der Waals surface area contributed by atoms with E-state index in [1.165, 1.54) is 32.1 Å². The molecule has 0 amide bonds. The minimum atomic E-state index is 0.458. The van der Waals surface area contributed by atoms with Crippen molar-refractivity contribution in [2.75, 3.05) is 13.2 Å². The molecule has 0 aromatic carbocycles. The van der Waals surface area contributed by atoms with E-state index >= 15 is 0 Å². The Morgan fingerprint density at radius 1 is 1.25 bits per heavy atom. The summed E-state index contributed by atoms with van der Waals surface area (Å²) in [6.45, 7) is 9.15. The van der Waals surface area contributed by atoms with Crippen molar-refractivity contribution in [1.82, 2.24) is 5.32 Å². The smallest absolute Gasteiger partial charge is 0.0588 e. The molecule has 3 unspecified atom stereocenters. The average Bonchev–Trinajstić information content (AvgIpc) is 2.62. The van der Waals surface area contributed by atoms with E-state index < -0.39 is 0 Å². The van der Waals surface area contributed by atoms with Gasteiger partial charge in [0, 0.05) is 19.2 Å². The van der Waals surface area contributed by atoms with Crippen LogP contribution in [0.1, 0.15) is 52.9 Å². The summed E-state index contributed by atoms with van der Waals surface area (Å²) in [5.41, 5.74) is 0.487. The van der Waals surface area contributed by atoms with E-state index in [2.05, 4.69) is 26.1 Å². The molecule has 1 heterocycles. The van der Waals surface area contributed by atoms with Crippen LogP contribution in [0.25, 0.3) is 0 Å². The zero-order valence-corrected chi connectivity index (χ0v) is 11.1. The second-order valence-corrected chi connectivity index (χ2v) is 6.32. The Bertz CT molecular complexity index is 227. The van der Waals surface area contributed by atoms with E-state index in [0.29, 0.717) is 17.6 Å². The van der Waals surface area contributed by atoms with Gasteiger partial charge in [0.2, 0.25) is 0 Å². The number of hydrogen-bond donors (Lipinski definition) is 1. The molecule has 0 bridgehead atoms. The van der Waals surface area contributed by atoms with Gasteiger partial charge in [0.25, 0.3) is 0 Å². The van der Waals surface area contributed by atoms with Crippen molar-refractivity contribution in [2.45, 2.75) is 65.0 Å². The first-order valence-corrected chi connectivity index (χ1v) is 6.94. The molecule has 1 saturated carbocycles. The number of nitrogens with one attached hydrogen (secondary N) is 1.